The molecule has 0 spiro atoms. The molecular weight excluding hydrogens is 402 g/mol. The van der Waals surface area contributed by atoms with Gasteiger partial charge in [-0.2, -0.15) is 4.31 Å². The Bertz CT molecular complexity index is 975. The first kappa shape index (κ1) is 22.0. The molecule has 0 unspecified atom stereocenters. The summed E-state index contributed by atoms with van der Waals surface area (Å²) in [6.07, 6.45) is 1.71. The summed E-state index contributed by atoms with van der Waals surface area (Å²) in [5.41, 5.74) is 1.56. The molecule has 1 atom stereocenters. The van der Waals surface area contributed by atoms with E-state index in [2.05, 4.69) is 10.6 Å². The predicted octanol–water partition coefficient (Wildman–Crippen LogP) is 2.08. The minimum Gasteiger partial charge on any atom is -0.355 e. The molecule has 2 aromatic carbocycles. The SMILES string of the molecule is Cc1ccc(S(=O)(=O)N2CCC[C@H]2C(=O)NCCCNC(=O)c2ccccc2)cc1. The van der Waals surface area contributed by atoms with Gasteiger partial charge in [-0.15, -0.1) is 0 Å². The number of carbonyl (C=O) groups is 2. The quantitative estimate of drug-likeness (QED) is 0.628. The molecule has 1 aliphatic heterocycles. The smallest absolute Gasteiger partial charge is 0.251 e. The third kappa shape index (κ3) is 5.25. The van der Waals surface area contributed by atoms with Gasteiger partial charge in [0.25, 0.3) is 5.91 Å². The molecule has 0 radical (unpaired) electrons. The van der Waals surface area contributed by atoms with E-state index in [0.717, 1.165) is 5.56 Å². The van der Waals surface area contributed by atoms with E-state index in [-0.39, 0.29) is 16.7 Å². The molecule has 2 N–H and O–H groups in total. The van der Waals surface area contributed by atoms with E-state index in [1.54, 1.807) is 48.5 Å². The summed E-state index contributed by atoms with van der Waals surface area (Å²) in [6, 6.07) is 14.9. The van der Waals surface area contributed by atoms with Gasteiger partial charge in [0.15, 0.2) is 0 Å². The summed E-state index contributed by atoms with van der Waals surface area (Å²) in [7, 11) is -3.71. The molecule has 1 heterocycles. The normalized spacial score (nSPS) is 16.9. The minimum atomic E-state index is -3.71. The van der Waals surface area contributed by atoms with Crippen LogP contribution in [-0.2, 0) is 14.8 Å². The maximum absolute atomic E-state index is 12.9. The Morgan fingerprint density at radius 1 is 1.00 bits per heavy atom. The summed E-state index contributed by atoms with van der Waals surface area (Å²) in [4.78, 5) is 24.8. The minimum absolute atomic E-state index is 0.159. The Labute approximate surface area is 177 Å². The average molecular weight is 430 g/mol. The molecular formula is C22H27N3O4S. The molecule has 2 aromatic rings. The van der Waals surface area contributed by atoms with Crippen LogP contribution in [0.15, 0.2) is 59.5 Å². The maximum atomic E-state index is 12.9. The van der Waals surface area contributed by atoms with Gasteiger partial charge in [-0.1, -0.05) is 35.9 Å². The first-order chi connectivity index (χ1) is 14.4. The number of carbonyl (C=O) groups excluding carboxylic acids is 2. The zero-order valence-electron chi connectivity index (χ0n) is 17.0. The molecule has 0 saturated carbocycles. The van der Waals surface area contributed by atoms with Crippen molar-refractivity contribution in [1.82, 2.24) is 14.9 Å². The molecule has 1 aliphatic rings. The molecule has 160 valence electrons. The number of amides is 2. The van der Waals surface area contributed by atoms with E-state index >= 15 is 0 Å². The fourth-order valence-corrected chi connectivity index (χ4v) is 5.10. The Hall–Kier alpha value is -2.71. The van der Waals surface area contributed by atoms with E-state index in [0.29, 0.717) is 44.5 Å². The van der Waals surface area contributed by atoms with Crippen molar-refractivity contribution in [3.05, 3.63) is 65.7 Å². The summed E-state index contributed by atoms with van der Waals surface area (Å²) < 4.78 is 27.2. The van der Waals surface area contributed by atoms with Crippen molar-refractivity contribution in [2.24, 2.45) is 0 Å². The molecule has 1 fully saturated rings. The number of nitrogens with zero attached hydrogens (tertiary/aromatic N) is 1. The predicted molar refractivity (Wildman–Crippen MR) is 114 cm³/mol. The second-order valence-electron chi connectivity index (χ2n) is 7.35. The number of aryl methyl sites for hydroxylation is 1. The highest BCUT2D eigenvalue weighted by molar-refractivity contribution is 7.89. The van der Waals surface area contributed by atoms with Crippen LogP contribution in [0.2, 0.25) is 0 Å². The van der Waals surface area contributed by atoms with Crippen LogP contribution in [0.4, 0.5) is 0 Å². The van der Waals surface area contributed by atoms with Crippen molar-refractivity contribution in [3.63, 3.8) is 0 Å². The van der Waals surface area contributed by atoms with Gasteiger partial charge in [-0.3, -0.25) is 9.59 Å². The molecule has 3 rings (SSSR count). The summed E-state index contributed by atoms with van der Waals surface area (Å²) in [5, 5.41) is 5.61. The molecule has 0 aliphatic carbocycles. The van der Waals surface area contributed by atoms with Crippen molar-refractivity contribution < 1.29 is 18.0 Å². The van der Waals surface area contributed by atoms with Crippen molar-refractivity contribution >= 4 is 21.8 Å². The van der Waals surface area contributed by atoms with Gasteiger partial charge in [0.2, 0.25) is 15.9 Å². The monoisotopic (exact) mass is 429 g/mol. The van der Waals surface area contributed by atoms with Gasteiger partial charge in [-0.05, 0) is 50.5 Å². The van der Waals surface area contributed by atoms with Crippen LogP contribution < -0.4 is 10.6 Å². The summed E-state index contributed by atoms with van der Waals surface area (Å²) in [5.74, 6) is -0.453. The number of sulfonamides is 1. The highest BCUT2D eigenvalue weighted by Crippen LogP contribution is 2.26. The lowest BCUT2D eigenvalue weighted by molar-refractivity contribution is -0.124. The van der Waals surface area contributed by atoms with Crippen LogP contribution in [0.25, 0.3) is 0 Å². The van der Waals surface area contributed by atoms with Crippen LogP contribution in [-0.4, -0.2) is 50.2 Å². The first-order valence-electron chi connectivity index (χ1n) is 10.1. The highest BCUT2D eigenvalue weighted by atomic mass is 32.2. The second-order valence-corrected chi connectivity index (χ2v) is 9.24. The third-order valence-corrected chi connectivity index (χ3v) is 7.03. The lowest BCUT2D eigenvalue weighted by Gasteiger charge is -2.23. The second kappa shape index (κ2) is 9.86. The number of nitrogens with one attached hydrogen (secondary N) is 2. The zero-order valence-corrected chi connectivity index (χ0v) is 17.8. The lowest BCUT2D eigenvalue weighted by Crippen LogP contribution is -2.46. The maximum Gasteiger partial charge on any atom is 0.251 e. The largest absolute Gasteiger partial charge is 0.355 e. The third-order valence-electron chi connectivity index (χ3n) is 5.11. The lowest BCUT2D eigenvalue weighted by atomic mass is 10.2. The Balaban J connectivity index is 1.49. The first-order valence-corrected chi connectivity index (χ1v) is 11.5. The number of hydrogen-bond donors (Lipinski definition) is 2. The van der Waals surface area contributed by atoms with Crippen LogP contribution in [0, 0.1) is 6.92 Å². The topological polar surface area (TPSA) is 95.6 Å². The molecule has 7 nitrogen and oxygen atoms in total. The number of hydrogen-bond acceptors (Lipinski definition) is 4. The van der Waals surface area contributed by atoms with Gasteiger partial charge in [0.1, 0.15) is 6.04 Å². The van der Waals surface area contributed by atoms with Gasteiger partial charge < -0.3 is 10.6 Å². The van der Waals surface area contributed by atoms with Gasteiger partial charge in [0, 0.05) is 25.2 Å². The number of benzene rings is 2. The molecule has 0 bridgehead atoms. The van der Waals surface area contributed by atoms with Gasteiger partial charge >= 0.3 is 0 Å². The van der Waals surface area contributed by atoms with Crippen LogP contribution in [0.3, 0.4) is 0 Å². The molecule has 8 heteroatoms. The Morgan fingerprint density at radius 2 is 1.67 bits per heavy atom. The molecule has 2 amide bonds. The fourth-order valence-electron chi connectivity index (χ4n) is 3.45. The van der Waals surface area contributed by atoms with E-state index < -0.39 is 16.1 Å². The van der Waals surface area contributed by atoms with Gasteiger partial charge in [0.05, 0.1) is 4.90 Å². The Morgan fingerprint density at radius 3 is 2.37 bits per heavy atom. The van der Waals surface area contributed by atoms with E-state index in [9.17, 15) is 18.0 Å². The Kier molecular flexibility index (Phi) is 7.23. The van der Waals surface area contributed by atoms with Crippen molar-refractivity contribution in [2.45, 2.75) is 37.1 Å². The average Bonchev–Trinajstić information content (AvgIpc) is 3.25. The van der Waals surface area contributed by atoms with E-state index in [1.807, 2.05) is 13.0 Å². The van der Waals surface area contributed by atoms with Crippen LogP contribution in [0.5, 0.6) is 0 Å². The van der Waals surface area contributed by atoms with Crippen molar-refractivity contribution in [2.75, 3.05) is 19.6 Å². The van der Waals surface area contributed by atoms with Crippen molar-refractivity contribution in [3.8, 4) is 0 Å². The number of rotatable bonds is 8. The molecule has 0 aromatic heterocycles. The highest BCUT2D eigenvalue weighted by Gasteiger charge is 2.39. The summed E-state index contributed by atoms with van der Waals surface area (Å²) in [6.45, 7) is 3.01. The molecule has 1 saturated heterocycles. The summed E-state index contributed by atoms with van der Waals surface area (Å²) >= 11 is 0. The standard InChI is InChI=1S/C22H27N3O4S/c1-17-10-12-19(13-11-17)30(28,29)25-16-5-9-20(25)22(27)24-15-6-14-23-21(26)18-7-3-2-4-8-18/h2-4,7-8,10-13,20H,5-6,9,14-16H2,1H3,(H,23,26)(H,24,27)/t20-/m0/s1. The van der Waals surface area contributed by atoms with Crippen molar-refractivity contribution in [1.29, 1.82) is 0 Å². The van der Waals surface area contributed by atoms with E-state index in [1.165, 1.54) is 4.31 Å². The molecule has 30 heavy (non-hydrogen) atoms. The van der Waals surface area contributed by atoms with Crippen LogP contribution >= 0.6 is 0 Å². The van der Waals surface area contributed by atoms with E-state index in [4.69, 9.17) is 0 Å². The van der Waals surface area contributed by atoms with Crippen LogP contribution in [0.1, 0.15) is 35.2 Å². The zero-order chi connectivity index (χ0) is 21.6. The van der Waals surface area contributed by atoms with Gasteiger partial charge in [-0.25, -0.2) is 8.42 Å². The fraction of sp³-hybridized carbons (Fsp3) is 0.364.